The molecule has 0 radical (unpaired) electrons. The smallest absolute Gasteiger partial charge is 0.368 e. The number of amides is 1. The summed E-state index contributed by atoms with van der Waals surface area (Å²) >= 11 is 0. The predicted molar refractivity (Wildman–Crippen MR) is 133 cm³/mol. The highest BCUT2D eigenvalue weighted by atomic mass is 19.4. The molecule has 1 atom stereocenters. The Morgan fingerprint density at radius 1 is 1.05 bits per heavy atom. The van der Waals surface area contributed by atoms with Crippen molar-refractivity contribution in [3.05, 3.63) is 65.5 Å². The maximum atomic E-state index is 13.3. The number of nitrogens with zero attached hydrogens (tertiary/aromatic N) is 5. The molecule has 196 valence electrons. The highest BCUT2D eigenvalue weighted by Crippen LogP contribution is 2.32. The number of anilines is 1. The molecule has 10 heteroatoms. The Morgan fingerprint density at radius 2 is 1.84 bits per heavy atom. The van der Waals surface area contributed by atoms with Gasteiger partial charge in [-0.25, -0.2) is 0 Å². The molecule has 5 rings (SSSR count). The normalized spacial score (nSPS) is 19.3. The van der Waals surface area contributed by atoms with Crippen LogP contribution in [0.5, 0.6) is 0 Å². The van der Waals surface area contributed by atoms with Crippen LogP contribution in [-0.4, -0.2) is 65.1 Å². The summed E-state index contributed by atoms with van der Waals surface area (Å²) in [5.74, 6) is 1.08. The van der Waals surface area contributed by atoms with Crippen molar-refractivity contribution in [1.29, 1.82) is 0 Å². The third-order valence-electron chi connectivity index (χ3n) is 7.09. The predicted octanol–water partition coefficient (Wildman–Crippen LogP) is 4.62. The van der Waals surface area contributed by atoms with Gasteiger partial charge in [0.05, 0.1) is 18.0 Å². The van der Waals surface area contributed by atoms with Crippen LogP contribution in [0.25, 0.3) is 11.4 Å². The van der Waals surface area contributed by atoms with Gasteiger partial charge < -0.3 is 14.3 Å². The highest BCUT2D eigenvalue weighted by molar-refractivity contribution is 5.79. The number of hydrogen-bond acceptors (Lipinski definition) is 6. The zero-order valence-corrected chi connectivity index (χ0v) is 20.7. The van der Waals surface area contributed by atoms with Gasteiger partial charge in [0, 0.05) is 44.0 Å². The van der Waals surface area contributed by atoms with Gasteiger partial charge in [0.15, 0.2) is 0 Å². The topological polar surface area (TPSA) is 65.7 Å². The van der Waals surface area contributed by atoms with Crippen LogP contribution in [0.4, 0.5) is 18.9 Å². The Kier molecular flexibility index (Phi) is 7.19. The third kappa shape index (κ3) is 5.95. The molecule has 0 bridgehead atoms. The molecule has 2 saturated heterocycles. The number of carbonyl (C=O) groups is 1. The van der Waals surface area contributed by atoms with Crippen molar-refractivity contribution >= 4 is 11.6 Å². The zero-order chi connectivity index (χ0) is 26.0. The van der Waals surface area contributed by atoms with Gasteiger partial charge >= 0.3 is 6.18 Å². The molecule has 1 aromatic heterocycles. The molecule has 1 unspecified atom stereocenters. The van der Waals surface area contributed by atoms with Gasteiger partial charge in [0.2, 0.25) is 17.6 Å². The first-order valence-electron chi connectivity index (χ1n) is 12.6. The van der Waals surface area contributed by atoms with Crippen molar-refractivity contribution in [2.75, 3.05) is 44.2 Å². The molecule has 3 heterocycles. The number of hydrogen-bond donors (Lipinski definition) is 0. The molecule has 37 heavy (non-hydrogen) atoms. The summed E-state index contributed by atoms with van der Waals surface area (Å²) in [5, 5.41) is 4.12. The molecule has 0 spiro atoms. The second kappa shape index (κ2) is 10.5. The summed E-state index contributed by atoms with van der Waals surface area (Å²) < 4.78 is 44.7. The van der Waals surface area contributed by atoms with E-state index in [0.717, 1.165) is 36.6 Å². The van der Waals surface area contributed by atoms with Gasteiger partial charge in [0.25, 0.3) is 0 Å². The van der Waals surface area contributed by atoms with Gasteiger partial charge in [-0.3, -0.25) is 9.69 Å². The molecule has 3 aromatic rings. The molecular formula is C27H30F3N5O2. The van der Waals surface area contributed by atoms with Crippen LogP contribution in [0, 0.1) is 12.8 Å². The number of rotatable bonds is 5. The van der Waals surface area contributed by atoms with Crippen molar-refractivity contribution in [2.45, 2.75) is 32.5 Å². The summed E-state index contributed by atoms with van der Waals surface area (Å²) in [5.41, 5.74) is 1.91. The molecule has 2 aromatic carbocycles. The van der Waals surface area contributed by atoms with E-state index in [1.54, 1.807) is 6.07 Å². The third-order valence-corrected chi connectivity index (χ3v) is 7.09. The number of piperazine rings is 1. The number of halogens is 3. The summed E-state index contributed by atoms with van der Waals surface area (Å²) in [6.45, 7) is 5.99. The average molecular weight is 514 g/mol. The zero-order valence-electron chi connectivity index (χ0n) is 20.7. The van der Waals surface area contributed by atoms with Gasteiger partial charge in [0.1, 0.15) is 0 Å². The van der Waals surface area contributed by atoms with Gasteiger partial charge in [-0.1, -0.05) is 35.0 Å². The van der Waals surface area contributed by atoms with Crippen molar-refractivity contribution in [3.8, 4) is 11.4 Å². The molecule has 0 aliphatic carbocycles. The lowest BCUT2D eigenvalue weighted by Crippen LogP contribution is -2.52. The highest BCUT2D eigenvalue weighted by Gasteiger charge is 2.33. The molecule has 2 aliphatic heterocycles. The Bertz CT molecular complexity index is 1240. The number of carbonyl (C=O) groups excluding carboxylic acids is 1. The molecule has 2 aliphatic rings. The van der Waals surface area contributed by atoms with E-state index in [-0.39, 0.29) is 11.8 Å². The van der Waals surface area contributed by atoms with E-state index in [2.05, 4.69) is 15.0 Å². The Morgan fingerprint density at radius 3 is 2.59 bits per heavy atom. The molecule has 2 fully saturated rings. The maximum absolute atomic E-state index is 13.3. The largest absolute Gasteiger partial charge is 0.416 e. The number of benzene rings is 2. The standard InChI is InChI=1S/C27H30F3N5O2/c1-19-5-2-6-20(15-19)25-31-24(37-32-25)18-33-10-4-7-21(17-33)26(36)35-13-11-34(12-14-35)23-9-3-8-22(16-23)27(28,29)30/h2-3,5-6,8-9,15-16,21H,4,7,10-14,17-18H2,1H3. The number of piperidine rings is 1. The fourth-order valence-electron chi connectivity index (χ4n) is 5.13. The molecule has 7 nitrogen and oxygen atoms in total. The fourth-order valence-corrected chi connectivity index (χ4v) is 5.13. The van der Waals surface area contributed by atoms with Crippen LogP contribution >= 0.6 is 0 Å². The minimum atomic E-state index is -4.37. The Hall–Kier alpha value is -3.40. The maximum Gasteiger partial charge on any atom is 0.416 e. The van der Waals surface area contributed by atoms with Crippen LogP contribution in [0.15, 0.2) is 53.1 Å². The number of alkyl halides is 3. The van der Waals surface area contributed by atoms with E-state index in [9.17, 15) is 18.0 Å². The quantitative estimate of drug-likeness (QED) is 0.496. The van der Waals surface area contributed by atoms with Gasteiger partial charge in [-0.15, -0.1) is 0 Å². The van der Waals surface area contributed by atoms with E-state index in [4.69, 9.17) is 4.52 Å². The number of aromatic nitrogens is 2. The minimum absolute atomic E-state index is 0.111. The second-order valence-electron chi connectivity index (χ2n) is 9.82. The van der Waals surface area contributed by atoms with Crippen LogP contribution in [0.1, 0.15) is 29.9 Å². The van der Waals surface area contributed by atoms with Gasteiger partial charge in [-0.2, -0.15) is 18.2 Å². The fraction of sp³-hybridized carbons (Fsp3) is 0.444. The van der Waals surface area contributed by atoms with E-state index in [1.807, 2.05) is 41.0 Å². The lowest BCUT2D eigenvalue weighted by molar-refractivity contribution is -0.138. The van der Waals surface area contributed by atoms with E-state index < -0.39 is 11.7 Å². The first-order chi connectivity index (χ1) is 17.8. The number of likely N-dealkylation sites (tertiary alicyclic amines) is 1. The monoisotopic (exact) mass is 513 g/mol. The Labute approximate surface area is 213 Å². The second-order valence-corrected chi connectivity index (χ2v) is 9.82. The van der Waals surface area contributed by atoms with E-state index in [0.29, 0.717) is 56.7 Å². The van der Waals surface area contributed by atoms with E-state index >= 15 is 0 Å². The summed E-state index contributed by atoms with van der Waals surface area (Å²) in [4.78, 5) is 23.8. The summed E-state index contributed by atoms with van der Waals surface area (Å²) in [6.07, 6.45) is -2.65. The molecule has 1 amide bonds. The van der Waals surface area contributed by atoms with Crippen LogP contribution in [0.2, 0.25) is 0 Å². The van der Waals surface area contributed by atoms with Crippen molar-refractivity contribution in [2.24, 2.45) is 5.92 Å². The number of aryl methyl sites for hydroxylation is 1. The van der Waals surface area contributed by atoms with Crippen molar-refractivity contribution < 1.29 is 22.5 Å². The molecule has 0 N–H and O–H groups in total. The first-order valence-corrected chi connectivity index (χ1v) is 12.6. The lowest BCUT2D eigenvalue weighted by Gasteiger charge is -2.39. The van der Waals surface area contributed by atoms with Gasteiger partial charge in [-0.05, 0) is 50.6 Å². The Balaban J connectivity index is 1.15. The summed E-state index contributed by atoms with van der Waals surface area (Å²) in [6, 6.07) is 13.3. The summed E-state index contributed by atoms with van der Waals surface area (Å²) in [7, 11) is 0. The van der Waals surface area contributed by atoms with Crippen molar-refractivity contribution in [1.82, 2.24) is 19.9 Å². The lowest BCUT2D eigenvalue weighted by atomic mass is 9.96. The minimum Gasteiger partial charge on any atom is -0.368 e. The van der Waals surface area contributed by atoms with Crippen LogP contribution < -0.4 is 4.90 Å². The SMILES string of the molecule is Cc1cccc(-c2noc(CN3CCCC(C(=O)N4CCN(c5cccc(C(F)(F)F)c5)CC4)C3)n2)c1. The first kappa shape index (κ1) is 25.3. The average Bonchev–Trinajstić information content (AvgIpc) is 3.37. The van der Waals surface area contributed by atoms with Crippen molar-refractivity contribution in [3.63, 3.8) is 0 Å². The molecule has 0 saturated carbocycles. The van der Waals surface area contributed by atoms with Crippen LogP contribution in [-0.2, 0) is 17.5 Å². The van der Waals surface area contributed by atoms with Crippen LogP contribution in [0.3, 0.4) is 0 Å². The van der Waals surface area contributed by atoms with E-state index in [1.165, 1.54) is 12.1 Å². The molecular weight excluding hydrogens is 483 g/mol.